The lowest BCUT2D eigenvalue weighted by molar-refractivity contribution is 0.390. The van der Waals surface area contributed by atoms with Crippen molar-refractivity contribution in [1.82, 2.24) is 15.3 Å². The molecular weight excluding hydrogens is 290 g/mol. The van der Waals surface area contributed by atoms with Gasteiger partial charge in [0, 0.05) is 22.4 Å². The zero-order valence-corrected chi connectivity index (χ0v) is 12.2. The summed E-state index contributed by atoms with van der Waals surface area (Å²) in [7, 11) is -1.17. The minimum Gasteiger partial charge on any atom is -0.360 e. The lowest BCUT2D eigenvalue weighted by Gasteiger charge is -1.94. The van der Waals surface area contributed by atoms with Gasteiger partial charge in [-0.3, -0.25) is 4.21 Å². The fourth-order valence-electron chi connectivity index (χ4n) is 1.85. The number of aromatic nitrogens is 3. The molecule has 0 saturated carbocycles. The number of hydrogen-bond acceptors (Lipinski definition) is 6. The van der Waals surface area contributed by atoms with E-state index < -0.39 is 10.8 Å². The molecule has 0 spiro atoms. The van der Waals surface area contributed by atoms with Gasteiger partial charge in [-0.2, -0.15) is 4.98 Å². The Balaban J connectivity index is 1.66. The van der Waals surface area contributed by atoms with Crippen molar-refractivity contribution in [2.24, 2.45) is 0 Å². The summed E-state index contributed by atoms with van der Waals surface area (Å²) < 4.78 is 22.3. The van der Waals surface area contributed by atoms with Gasteiger partial charge in [0.2, 0.25) is 0 Å². The Morgan fingerprint density at radius 3 is 2.62 bits per heavy atom. The minimum atomic E-state index is -1.17. The lowest BCUT2D eigenvalue weighted by atomic mass is 10.2. The molecular formula is C14H13N3O3S. The molecule has 0 N–H and O–H groups in total. The zero-order chi connectivity index (χ0) is 14.7. The van der Waals surface area contributed by atoms with Crippen LogP contribution in [0.3, 0.4) is 0 Å². The van der Waals surface area contributed by atoms with E-state index in [2.05, 4.69) is 15.3 Å². The van der Waals surface area contributed by atoms with Crippen LogP contribution in [0.2, 0.25) is 0 Å². The van der Waals surface area contributed by atoms with Crippen LogP contribution in [-0.2, 0) is 22.3 Å². The van der Waals surface area contributed by atoms with Crippen molar-refractivity contribution >= 4 is 10.8 Å². The maximum atomic E-state index is 12.0. The summed E-state index contributed by atoms with van der Waals surface area (Å²) in [5.41, 5.74) is 1.61. The smallest absolute Gasteiger partial charge is 0.257 e. The van der Waals surface area contributed by atoms with Crippen LogP contribution in [0, 0.1) is 6.92 Å². The van der Waals surface area contributed by atoms with Gasteiger partial charge >= 0.3 is 0 Å². The molecule has 2 aromatic heterocycles. The second kappa shape index (κ2) is 6.01. The molecule has 1 atom stereocenters. The van der Waals surface area contributed by atoms with Gasteiger partial charge in [0.15, 0.2) is 5.82 Å². The summed E-state index contributed by atoms with van der Waals surface area (Å²) in [6.07, 6.45) is 0. The van der Waals surface area contributed by atoms with Crippen molar-refractivity contribution in [3.05, 3.63) is 53.7 Å². The molecule has 1 aromatic carbocycles. The Labute approximate surface area is 123 Å². The van der Waals surface area contributed by atoms with Gasteiger partial charge in [0.25, 0.3) is 5.89 Å². The Hall–Kier alpha value is -2.28. The van der Waals surface area contributed by atoms with Gasteiger partial charge in [-0.15, -0.1) is 0 Å². The predicted octanol–water partition coefficient (Wildman–Crippen LogP) is 2.48. The summed E-state index contributed by atoms with van der Waals surface area (Å²) >= 11 is 0. The maximum Gasteiger partial charge on any atom is 0.257 e. The van der Waals surface area contributed by atoms with Gasteiger partial charge in [0.05, 0.1) is 17.2 Å². The van der Waals surface area contributed by atoms with Crippen molar-refractivity contribution in [3.8, 4) is 11.5 Å². The van der Waals surface area contributed by atoms with E-state index in [-0.39, 0.29) is 11.5 Å². The van der Waals surface area contributed by atoms with E-state index in [4.69, 9.17) is 9.05 Å². The molecule has 3 rings (SSSR count). The van der Waals surface area contributed by atoms with Gasteiger partial charge in [-0.25, -0.2) is 0 Å². The highest BCUT2D eigenvalue weighted by molar-refractivity contribution is 7.83. The molecule has 0 radical (unpaired) electrons. The van der Waals surface area contributed by atoms with Crippen molar-refractivity contribution in [3.63, 3.8) is 0 Å². The molecule has 21 heavy (non-hydrogen) atoms. The van der Waals surface area contributed by atoms with E-state index in [1.54, 1.807) is 6.07 Å². The molecule has 0 fully saturated rings. The summed E-state index contributed by atoms with van der Waals surface area (Å²) in [6, 6.07) is 11.2. The summed E-state index contributed by atoms with van der Waals surface area (Å²) in [6.45, 7) is 1.82. The molecule has 3 aromatic rings. The van der Waals surface area contributed by atoms with Crippen molar-refractivity contribution in [2.45, 2.75) is 18.4 Å². The van der Waals surface area contributed by atoms with E-state index in [1.165, 1.54) is 0 Å². The van der Waals surface area contributed by atoms with E-state index in [1.807, 2.05) is 37.3 Å². The normalized spacial score (nSPS) is 12.4. The highest BCUT2D eigenvalue weighted by Crippen LogP contribution is 2.17. The maximum absolute atomic E-state index is 12.0. The number of hydrogen-bond donors (Lipinski definition) is 0. The van der Waals surface area contributed by atoms with E-state index in [0.29, 0.717) is 17.5 Å². The number of rotatable bonds is 5. The molecule has 0 unspecified atom stereocenters. The molecule has 108 valence electrons. The van der Waals surface area contributed by atoms with Crippen molar-refractivity contribution in [2.75, 3.05) is 0 Å². The van der Waals surface area contributed by atoms with Gasteiger partial charge in [0.1, 0.15) is 5.76 Å². The number of nitrogens with zero attached hydrogens (tertiary/aromatic N) is 3. The third-order valence-electron chi connectivity index (χ3n) is 2.76. The standard InChI is InChI=1S/C14H13N3O3S/c1-10-7-12(19-16-10)8-21(18)9-13-15-14(20-17-13)11-5-3-2-4-6-11/h2-7H,8-9H2,1H3/t21-/m0/s1. The molecule has 0 amide bonds. The average molecular weight is 303 g/mol. The topological polar surface area (TPSA) is 82.0 Å². The van der Waals surface area contributed by atoms with Crippen molar-refractivity contribution < 1.29 is 13.3 Å². The first-order valence-corrected chi connectivity index (χ1v) is 7.85. The third kappa shape index (κ3) is 3.43. The molecule has 2 heterocycles. The summed E-state index contributed by atoms with van der Waals surface area (Å²) in [5, 5.41) is 7.62. The molecule has 0 aliphatic carbocycles. The fourth-order valence-corrected chi connectivity index (χ4v) is 2.81. The quantitative estimate of drug-likeness (QED) is 0.720. The first kappa shape index (κ1) is 13.7. The van der Waals surface area contributed by atoms with Crippen molar-refractivity contribution in [1.29, 1.82) is 0 Å². The average Bonchev–Trinajstić information content (AvgIpc) is 3.09. The van der Waals surface area contributed by atoms with Crippen LogP contribution in [0.4, 0.5) is 0 Å². The van der Waals surface area contributed by atoms with E-state index in [9.17, 15) is 4.21 Å². The molecule has 0 aliphatic heterocycles. The van der Waals surface area contributed by atoms with Crippen LogP contribution in [0.5, 0.6) is 0 Å². The zero-order valence-electron chi connectivity index (χ0n) is 11.4. The summed E-state index contributed by atoms with van der Waals surface area (Å²) in [4.78, 5) is 4.25. The Kier molecular flexibility index (Phi) is 3.92. The monoisotopic (exact) mass is 303 g/mol. The van der Waals surface area contributed by atoms with Crippen LogP contribution in [0.15, 0.2) is 45.4 Å². The summed E-state index contributed by atoms with van der Waals surface area (Å²) in [5.74, 6) is 1.95. The fraction of sp³-hybridized carbons (Fsp3) is 0.214. The minimum absolute atomic E-state index is 0.218. The van der Waals surface area contributed by atoms with Gasteiger partial charge < -0.3 is 9.05 Å². The second-order valence-corrected chi connectivity index (χ2v) is 6.00. The Morgan fingerprint density at radius 1 is 1.10 bits per heavy atom. The number of benzene rings is 1. The van der Waals surface area contributed by atoms with Crippen LogP contribution in [0.25, 0.3) is 11.5 Å². The number of aryl methyl sites for hydroxylation is 1. The lowest BCUT2D eigenvalue weighted by Crippen LogP contribution is -2.00. The first-order chi connectivity index (χ1) is 10.2. The highest BCUT2D eigenvalue weighted by Gasteiger charge is 2.13. The Bertz CT molecular complexity index is 752. The van der Waals surface area contributed by atoms with Crippen LogP contribution in [0.1, 0.15) is 17.3 Å². The van der Waals surface area contributed by atoms with E-state index >= 15 is 0 Å². The van der Waals surface area contributed by atoms with Gasteiger partial charge in [-0.1, -0.05) is 28.5 Å². The molecule has 7 heteroatoms. The first-order valence-electron chi connectivity index (χ1n) is 6.36. The van der Waals surface area contributed by atoms with E-state index in [0.717, 1.165) is 11.3 Å². The van der Waals surface area contributed by atoms with Crippen LogP contribution >= 0.6 is 0 Å². The Morgan fingerprint density at radius 2 is 1.90 bits per heavy atom. The molecule has 0 bridgehead atoms. The second-order valence-electron chi connectivity index (χ2n) is 4.54. The predicted molar refractivity (Wildman–Crippen MR) is 76.5 cm³/mol. The molecule has 6 nitrogen and oxygen atoms in total. The molecule has 0 saturated heterocycles. The molecule has 0 aliphatic rings. The SMILES string of the molecule is Cc1cc(C[S@](=O)Cc2noc(-c3ccccc3)n2)on1. The third-order valence-corrected chi connectivity index (χ3v) is 3.95. The largest absolute Gasteiger partial charge is 0.360 e. The van der Waals surface area contributed by atoms with Crippen LogP contribution in [-0.4, -0.2) is 19.5 Å². The van der Waals surface area contributed by atoms with Gasteiger partial charge in [-0.05, 0) is 19.1 Å². The highest BCUT2D eigenvalue weighted by atomic mass is 32.2. The van der Waals surface area contributed by atoms with Crippen LogP contribution < -0.4 is 0 Å².